The molecular weight excluding hydrogens is 276 g/mol. The molecule has 0 fully saturated rings. The van der Waals surface area contributed by atoms with Gasteiger partial charge in [0.25, 0.3) is 0 Å². The molecule has 0 aliphatic carbocycles. The molecule has 112 valence electrons. The van der Waals surface area contributed by atoms with Crippen LogP contribution in [0.25, 0.3) is 11.0 Å². The summed E-state index contributed by atoms with van der Waals surface area (Å²) in [6.45, 7) is 6.05. The van der Waals surface area contributed by atoms with Gasteiger partial charge in [0.15, 0.2) is 0 Å². The van der Waals surface area contributed by atoms with Crippen LogP contribution in [0.15, 0.2) is 47.1 Å². The van der Waals surface area contributed by atoms with Crippen LogP contribution >= 0.6 is 0 Å². The number of rotatable bonds is 3. The van der Waals surface area contributed by atoms with E-state index in [0.717, 1.165) is 33.2 Å². The van der Waals surface area contributed by atoms with Gasteiger partial charge in [0.1, 0.15) is 11.3 Å². The number of hydrogen-bond donors (Lipinski definition) is 0. The van der Waals surface area contributed by atoms with Gasteiger partial charge in [-0.1, -0.05) is 23.8 Å². The summed E-state index contributed by atoms with van der Waals surface area (Å²) < 4.78 is 10.9. The fourth-order valence-electron chi connectivity index (χ4n) is 2.69. The first kappa shape index (κ1) is 14.4. The Kier molecular flexibility index (Phi) is 3.72. The third kappa shape index (κ3) is 2.89. The fraction of sp³-hybridized carbons (Fsp3) is 0.211. The second kappa shape index (κ2) is 5.68. The zero-order chi connectivity index (χ0) is 15.7. The molecule has 3 rings (SSSR count). The largest absolute Gasteiger partial charge is 0.464 e. The van der Waals surface area contributed by atoms with Crippen molar-refractivity contribution in [3.05, 3.63) is 64.9 Å². The molecule has 0 unspecified atom stereocenters. The molecule has 0 radical (unpaired) electrons. The maximum atomic E-state index is 12.1. The number of ether oxygens (including phenoxy) is 1. The summed E-state index contributed by atoms with van der Waals surface area (Å²) >= 11 is 0. The van der Waals surface area contributed by atoms with Crippen LogP contribution in [0, 0.1) is 20.8 Å². The van der Waals surface area contributed by atoms with Crippen molar-refractivity contribution in [2.75, 3.05) is 0 Å². The highest BCUT2D eigenvalue weighted by Gasteiger charge is 2.14. The summed E-state index contributed by atoms with van der Waals surface area (Å²) in [6, 6.07) is 11.5. The Labute approximate surface area is 129 Å². The number of hydrogen-bond acceptors (Lipinski definition) is 3. The van der Waals surface area contributed by atoms with Crippen LogP contribution in [-0.4, -0.2) is 5.97 Å². The molecule has 22 heavy (non-hydrogen) atoms. The van der Waals surface area contributed by atoms with Crippen LogP contribution in [0.5, 0.6) is 5.75 Å². The molecule has 0 amide bonds. The molecular formula is C19H18O3. The van der Waals surface area contributed by atoms with Crippen molar-refractivity contribution in [1.82, 2.24) is 0 Å². The Bertz CT molecular complexity index is 826. The molecule has 0 aliphatic heterocycles. The van der Waals surface area contributed by atoms with Crippen molar-refractivity contribution in [1.29, 1.82) is 0 Å². The molecule has 0 spiro atoms. The quantitative estimate of drug-likeness (QED) is 0.527. The zero-order valence-corrected chi connectivity index (χ0v) is 13.0. The van der Waals surface area contributed by atoms with E-state index in [1.807, 2.05) is 39.0 Å². The first-order valence-electron chi connectivity index (χ1n) is 7.27. The standard InChI is InChI=1S/C19H18O3/c1-12-4-6-16(7-5-12)22-18(20)10-15-11-21-17-9-13(2)8-14(3)19(15)17/h4-9,11H,10H2,1-3H3. The van der Waals surface area contributed by atoms with E-state index in [2.05, 4.69) is 6.07 Å². The van der Waals surface area contributed by atoms with Gasteiger partial charge in [-0.25, -0.2) is 0 Å². The second-order valence-electron chi connectivity index (χ2n) is 5.68. The van der Waals surface area contributed by atoms with E-state index < -0.39 is 0 Å². The smallest absolute Gasteiger partial charge is 0.315 e. The molecule has 3 nitrogen and oxygen atoms in total. The van der Waals surface area contributed by atoms with Gasteiger partial charge in [0.2, 0.25) is 0 Å². The lowest BCUT2D eigenvalue weighted by Gasteiger charge is -2.05. The monoisotopic (exact) mass is 294 g/mol. The molecule has 1 heterocycles. The lowest BCUT2D eigenvalue weighted by Crippen LogP contribution is -2.11. The molecule has 0 saturated carbocycles. The van der Waals surface area contributed by atoms with Crippen molar-refractivity contribution in [2.45, 2.75) is 27.2 Å². The maximum Gasteiger partial charge on any atom is 0.315 e. The highest BCUT2D eigenvalue weighted by molar-refractivity contribution is 5.89. The van der Waals surface area contributed by atoms with Crippen molar-refractivity contribution in [3.63, 3.8) is 0 Å². The SMILES string of the molecule is Cc1ccc(OC(=O)Cc2coc3cc(C)cc(C)c23)cc1. The lowest BCUT2D eigenvalue weighted by molar-refractivity contribution is -0.133. The van der Waals surface area contributed by atoms with E-state index in [9.17, 15) is 4.79 Å². The van der Waals surface area contributed by atoms with E-state index in [1.165, 1.54) is 0 Å². The third-order valence-corrected chi connectivity index (χ3v) is 3.68. The van der Waals surface area contributed by atoms with Gasteiger partial charge >= 0.3 is 5.97 Å². The number of aryl methyl sites for hydroxylation is 3. The minimum Gasteiger partial charge on any atom is -0.464 e. The van der Waals surface area contributed by atoms with Gasteiger partial charge in [-0.05, 0) is 50.1 Å². The topological polar surface area (TPSA) is 39.4 Å². The predicted octanol–water partition coefficient (Wildman–Crippen LogP) is 4.51. The van der Waals surface area contributed by atoms with Crippen LogP contribution in [0.4, 0.5) is 0 Å². The molecule has 3 heteroatoms. The van der Waals surface area contributed by atoms with Crippen LogP contribution in [-0.2, 0) is 11.2 Å². The Morgan fingerprint density at radius 1 is 1.05 bits per heavy atom. The van der Waals surface area contributed by atoms with Crippen LogP contribution in [0.1, 0.15) is 22.3 Å². The summed E-state index contributed by atoms with van der Waals surface area (Å²) in [4.78, 5) is 12.1. The summed E-state index contributed by atoms with van der Waals surface area (Å²) in [6.07, 6.45) is 1.85. The van der Waals surface area contributed by atoms with E-state index in [-0.39, 0.29) is 12.4 Å². The molecule has 1 aromatic heterocycles. The van der Waals surface area contributed by atoms with E-state index in [4.69, 9.17) is 9.15 Å². The van der Waals surface area contributed by atoms with Gasteiger partial charge in [-0.15, -0.1) is 0 Å². The normalized spacial score (nSPS) is 10.9. The van der Waals surface area contributed by atoms with Crippen LogP contribution in [0.2, 0.25) is 0 Å². The molecule has 0 bridgehead atoms. The van der Waals surface area contributed by atoms with Gasteiger partial charge in [-0.3, -0.25) is 4.79 Å². The van der Waals surface area contributed by atoms with Crippen LogP contribution in [0.3, 0.4) is 0 Å². The number of carbonyl (C=O) groups is 1. The Balaban J connectivity index is 1.81. The second-order valence-corrected chi connectivity index (χ2v) is 5.68. The Hall–Kier alpha value is -2.55. The molecule has 0 atom stereocenters. The van der Waals surface area contributed by atoms with Crippen LogP contribution < -0.4 is 4.74 Å². The summed E-state index contributed by atoms with van der Waals surface area (Å²) in [5.74, 6) is 0.280. The van der Waals surface area contributed by atoms with Gasteiger partial charge < -0.3 is 9.15 Å². The van der Waals surface area contributed by atoms with Crippen molar-refractivity contribution < 1.29 is 13.9 Å². The minimum atomic E-state index is -0.286. The Morgan fingerprint density at radius 2 is 1.77 bits per heavy atom. The average molecular weight is 294 g/mol. The number of fused-ring (bicyclic) bond motifs is 1. The lowest BCUT2D eigenvalue weighted by atomic mass is 10.0. The average Bonchev–Trinajstić information content (AvgIpc) is 2.84. The molecule has 0 N–H and O–H groups in total. The number of furan rings is 1. The third-order valence-electron chi connectivity index (χ3n) is 3.68. The number of benzene rings is 2. The van der Waals surface area contributed by atoms with Crippen molar-refractivity contribution >= 4 is 16.9 Å². The first-order chi connectivity index (χ1) is 10.5. The van der Waals surface area contributed by atoms with Gasteiger partial charge in [0, 0.05) is 10.9 Å². The molecule has 0 saturated heterocycles. The molecule has 3 aromatic rings. The summed E-state index contributed by atoms with van der Waals surface area (Å²) in [5.41, 5.74) is 5.07. The number of esters is 1. The van der Waals surface area contributed by atoms with Crippen molar-refractivity contribution in [3.8, 4) is 5.75 Å². The Morgan fingerprint density at radius 3 is 2.50 bits per heavy atom. The zero-order valence-electron chi connectivity index (χ0n) is 13.0. The molecule has 0 aliphatic rings. The van der Waals surface area contributed by atoms with Gasteiger partial charge in [0.05, 0.1) is 12.7 Å². The number of carbonyl (C=O) groups excluding carboxylic acids is 1. The fourth-order valence-corrected chi connectivity index (χ4v) is 2.69. The highest BCUT2D eigenvalue weighted by atomic mass is 16.5. The maximum absolute atomic E-state index is 12.1. The van der Waals surface area contributed by atoms with Crippen molar-refractivity contribution in [2.24, 2.45) is 0 Å². The summed E-state index contributed by atoms with van der Waals surface area (Å²) in [5, 5.41) is 1.01. The molecule has 2 aromatic carbocycles. The first-order valence-corrected chi connectivity index (χ1v) is 7.27. The highest BCUT2D eigenvalue weighted by Crippen LogP contribution is 2.27. The van der Waals surface area contributed by atoms with E-state index >= 15 is 0 Å². The van der Waals surface area contributed by atoms with E-state index in [1.54, 1.807) is 18.4 Å². The van der Waals surface area contributed by atoms with E-state index in [0.29, 0.717) is 5.75 Å². The van der Waals surface area contributed by atoms with Gasteiger partial charge in [-0.2, -0.15) is 0 Å². The predicted molar refractivity (Wildman–Crippen MR) is 86.2 cm³/mol. The minimum absolute atomic E-state index is 0.199. The summed E-state index contributed by atoms with van der Waals surface area (Å²) in [7, 11) is 0.